The molecule has 2 heterocycles. The fourth-order valence-electron chi connectivity index (χ4n) is 1.69. The first-order valence-electron chi connectivity index (χ1n) is 5.68. The van der Waals surface area contributed by atoms with Crippen LogP contribution in [0.25, 0.3) is 27.8 Å². The number of oxazole rings is 1. The van der Waals surface area contributed by atoms with E-state index in [-0.39, 0.29) is 17.4 Å². The molecule has 0 bridgehead atoms. The maximum absolute atomic E-state index is 12.9. The zero-order valence-electron chi connectivity index (χ0n) is 10.1. The average molecular weight is 266 g/mol. The Morgan fingerprint density at radius 1 is 1.15 bits per heavy atom. The van der Waals surface area contributed by atoms with Gasteiger partial charge in [0.05, 0.1) is 12.8 Å². The van der Waals surface area contributed by atoms with Gasteiger partial charge in [0.1, 0.15) is 17.8 Å². The van der Waals surface area contributed by atoms with Crippen LogP contribution in [0.1, 0.15) is 0 Å². The lowest BCUT2D eigenvalue weighted by Gasteiger charge is -2.03. The Bertz CT molecular complexity index is 776. The zero-order valence-corrected chi connectivity index (χ0v) is 10.1. The molecule has 0 atom stereocenters. The van der Waals surface area contributed by atoms with E-state index in [4.69, 9.17) is 11.0 Å². The van der Waals surface area contributed by atoms with Crippen molar-refractivity contribution >= 4 is 5.69 Å². The monoisotopic (exact) mass is 266 g/mol. The normalized spacial score (nSPS) is 10.2. The lowest BCUT2D eigenvalue weighted by molar-refractivity contribution is 0.572. The molecule has 0 saturated heterocycles. The van der Waals surface area contributed by atoms with Crippen molar-refractivity contribution < 1.29 is 8.81 Å². The summed E-state index contributed by atoms with van der Waals surface area (Å²) >= 11 is 0. The van der Waals surface area contributed by atoms with Crippen LogP contribution in [0.5, 0.6) is 0 Å². The number of nitrogens with zero attached hydrogens (tertiary/aromatic N) is 4. The summed E-state index contributed by atoms with van der Waals surface area (Å²) in [4.78, 5) is 15.7. The van der Waals surface area contributed by atoms with E-state index in [1.165, 1.54) is 30.8 Å². The Hall–Kier alpha value is -3.07. The van der Waals surface area contributed by atoms with E-state index >= 15 is 0 Å². The molecule has 1 aromatic carbocycles. The third kappa shape index (κ3) is 2.12. The molecule has 5 nitrogen and oxygen atoms in total. The van der Waals surface area contributed by atoms with Crippen LogP contribution in [0.4, 0.5) is 10.1 Å². The fraction of sp³-hybridized carbons (Fsp3) is 0. The van der Waals surface area contributed by atoms with E-state index in [1.807, 2.05) is 0 Å². The number of hydrogen-bond acceptors (Lipinski definition) is 4. The average Bonchev–Trinajstić information content (AvgIpc) is 3.01. The molecule has 0 aliphatic carbocycles. The van der Waals surface area contributed by atoms with Gasteiger partial charge >= 0.3 is 0 Å². The Kier molecular flexibility index (Phi) is 2.94. The highest BCUT2D eigenvalue weighted by atomic mass is 19.1. The first-order valence-corrected chi connectivity index (χ1v) is 5.68. The third-order valence-electron chi connectivity index (χ3n) is 2.63. The van der Waals surface area contributed by atoms with Crippen molar-refractivity contribution in [3.63, 3.8) is 0 Å². The Balaban J connectivity index is 2.13. The SMILES string of the molecule is [C-]#[N+]c1cnc(-c2ccc(F)cc2)nc1-c1ncco1. The summed E-state index contributed by atoms with van der Waals surface area (Å²) in [6.45, 7) is 7.12. The summed E-state index contributed by atoms with van der Waals surface area (Å²) in [7, 11) is 0. The second kappa shape index (κ2) is 4.90. The maximum Gasteiger partial charge on any atom is 0.235 e. The van der Waals surface area contributed by atoms with E-state index in [0.29, 0.717) is 17.1 Å². The van der Waals surface area contributed by atoms with Gasteiger partial charge in [-0.2, -0.15) is 0 Å². The fourth-order valence-corrected chi connectivity index (χ4v) is 1.69. The standard InChI is InChI=1S/C14H7FN4O/c1-16-11-8-18-13(9-2-4-10(15)5-3-9)19-12(11)14-17-6-7-20-14/h2-8H. The van der Waals surface area contributed by atoms with Gasteiger partial charge in [0.25, 0.3) is 0 Å². The molecule has 0 amide bonds. The number of aromatic nitrogens is 3. The van der Waals surface area contributed by atoms with Crippen LogP contribution < -0.4 is 0 Å². The highest BCUT2D eigenvalue weighted by Crippen LogP contribution is 2.28. The second-order valence-corrected chi connectivity index (χ2v) is 3.88. The summed E-state index contributed by atoms with van der Waals surface area (Å²) in [5.74, 6) is 0.298. The highest BCUT2D eigenvalue weighted by molar-refractivity contribution is 5.71. The predicted octanol–water partition coefficient (Wildman–Crippen LogP) is 3.49. The number of halogens is 1. The lowest BCUT2D eigenvalue weighted by atomic mass is 10.2. The summed E-state index contributed by atoms with van der Waals surface area (Å²) in [5, 5.41) is 0. The van der Waals surface area contributed by atoms with Crippen LogP contribution in [-0.2, 0) is 0 Å². The largest absolute Gasteiger partial charge is 0.444 e. The van der Waals surface area contributed by atoms with E-state index < -0.39 is 0 Å². The lowest BCUT2D eigenvalue weighted by Crippen LogP contribution is -1.92. The Morgan fingerprint density at radius 3 is 2.60 bits per heavy atom. The molecular formula is C14H7FN4O. The summed E-state index contributed by atoms with van der Waals surface area (Å²) < 4.78 is 18.1. The van der Waals surface area contributed by atoms with Crippen LogP contribution in [-0.4, -0.2) is 15.0 Å². The number of rotatable bonds is 2. The van der Waals surface area contributed by atoms with Gasteiger partial charge in [-0.25, -0.2) is 24.2 Å². The van der Waals surface area contributed by atoms with Crippen LogP contribution in [0.15, 0.2) is 47.3 Å². The molecule has 6 heteroatoms. The van der Waals surface area contributed by atoms with Gasteiger partial charge in [-0.15, -0.1) is 0 Å². The minimum Gasteiger partial charge on any atom is -0.444 e. The van der Waals surface area contributed by atoms with Gasteiger partial charge in [0, 0.05) is 11.8 Å². The van der Waals surface area contributed by atoms with E-state index in [9.17, 15) is 4.39 Å². The maximum atomic E-state index is 12.9. The topological polar surface area (TPSA) is 56.2 Å². The summed E-state index contributed by atoms with van der Waals surface area (Å²) in [5.41, 5.74) is 1.22. The minimum atomic E-state index is -0.334. The molecule has 0 spiro atoms. The van der Waals surface area contributed by atoms with Gasteiger partial charge in [-0.1, -0.05) is 0 Å². The van der Waals surface area contributed by atoms with Gasteiger partial charge in [-0.05, 0) is 24.3 Å². The van der Waals surface area contributed by atoms with Crippen molar-refractivity contribution in [2.45, 2.75) is 0 Å². The van der Waals surface area contributed by atoms with Gasteiger partial charge in [0.2, 0.25) is 11.6 Å². The van der Waals surface area contributed by atoms with Crippen molar-refractivity contribution in [2.24, 2.45) is 0 Å². The highest BCUT2D eigenvalue weighted by Gasteiger charge is 2.14. The van der Waals surface area contributed by atoms with Gasteiger partial charge in [-0.3, -0.25) is 0 Å². The summed E-state index contributed by atoms with van der Waals surface area (Å²) in [6.07, 6.45) is 4.28. The molecule has 0 radical (unpaired) electrons. The molecule has 0 unspecified atom stereocenters. The summed E-state index contributed by atoms with van der Waals surface area (Å²) in [6, 6.07) is 5.79. The first-order chi connectivity index (χ1) is 9.78. The molecule has 0 aliphatic rings. The van der Waals surface area contributed by atoms with Crippen molar-refractivity contribution in [3.05, 3.63) is 60.2 Å². The molecule has 3 aromatic rings. The number of hydrogen-bond donors (Lipinski definition) is 0. The predicted molar refractivity (Wildman–Crippen MR) is 69.2 cm³/mol. The van der Waals surface area contributed by atoms with Crippen molar-refractivity contribution in [2.75, 3.05) is 0 Å². The van der Waals surface area contributed by atoms with E-state index in [0.717, 1.165) is 0 Å². The molecule has 20 heavy (non-hydrogen) atoms. The molecule has 0 fully saturated rings. The molecular weight excluding hydrogens is 259 g/mol. The van der Waals surface area contributed by atoms with Crippen molar-refractivity contribution in [3.8, 4) is 23.0 Å². The van der Waals surface area contributed by atoms with Crippen LogP contribution in [0.3, 0.4) is 0 Å². The molecule has 0 N–H and O–H groups in total. The Morgan fingerprint density at radius 2 is 1.95 bits per heavy atom. The first kappa shape index (κ1) is 12.0. The zero-order chi connectivity index (χ0) is 13.9. The molecule has 2 aromatic heterocycles. The second-order valence-electron chi connectivity index (χ2n) is 3.88. The molecule has 96 valence electrons. The molecule has 3 rings (SSSR count). The quantitative estimate of drug-likeness (QED) is 0.666. The molecule has 0 saturated carbocycles. The van der Waals surface area contributed by atoms with Crippen molar-refractivity contribution in [1.82, 2.24) is 15.0 Å². The van der Waals surface area contributed by atoms with Crippen LogP contribution >= 0.6 is 0 Å². The van der Waals surface area contributed by atoms with Crippen LogP contribution in [0, 0.1) is 12.4 Å². The van der Waals surface area contributed by atoms with Crippen LogP contribution in [0.2, 0.25) is 0 Å². The minimum absolute atomic E-state index is 0.248. The van der Waals surface area contributed by atoms with Gasteiger partial charge in [0.15, 0.2) is 5.82 Å². The van der Waals surface area contributed by atoms with Crippen molar-refractivity contribution in [1.29, 1.82) is 0 Å². The smallest absolute Gasteiger partial charge is 0.235 e. The van der Waals surface area contributed by atoms with E-state index in [2.05, 4.69) is 19.8 Å². The van der Waals surface area contributed by atoms with E-state index in [1.54, 1.807) is 12.1 Å². The van der Waals surface area contributed by atoms with Gasteiger partial charge < -0.3 is 4.42 Å². The number of benzene rings is 1. The third-order valence-corrected chi connectivity index (χ3v) is 2.63. The molecule has 0 aliphatic heterocycles. The Labute approximate surface area is 113 Å².